The Bertz CT molecular complexity index is 799. The van der Waals surface area contributed by atoms with Gasteiger partial charge in [-0.2, -0.15) is 10.5 Å². The molecule has 23 heavy (non-hydrogen) atoms. The molecule has 1 aliphatic heterocycles. The van der Waals surface area contributed by atoms with Crippen molar-refractivity contribution in [2.24, 2.45) is 0 Å². The Labute approximate surface area is 136 Å². The third kappa shape index (κ3) is 3.10. The molecule has 0 spiro atoms. The van der Waals surface area contributed by atoms with Crippen LogP contribution in [0.15, 0.2) is 54.1 Å². The van der Waals surface area contributed by atoms with Crippen molar-refractivity contribution >= 4 is 11.8 Å². The molecule has 0 unspecified atom stereocenters. The molecule has 0 amide bonds. The van der Waals surface area contributed by atoms with Crippen LogP contribution >= 0.6 is 0 Å². The zero-order valence-electron chi connectivity index (χ0n) is 12.9. The number of rotatable bonds is 3. The van der Waals surface area contributed by atoms with Crippen LogP contribution in [0.25, 0.3) is 17.2 Å². The van der Waals surface area contributed by atoms with Gasteiger partial charge < -0.3 is 4.90 Å². The van der Waals surface area contributed by atoms with E-state index < -0.39 is 0 Å². The van der Waals surface area contributed by atoms with Gasteiger partial charge in [-0.3, -0.25) is 0 Å². The van der Waals surface area contributed by atoms with E-state index in [1.54, 1.807) is 6.08 Å². The lowest BCUT2D eigenvalue weighted by atomic mass is 9.96. The molecule has 0 N–H and O–H groups in total. The Morgan fingerprint density at radius 2 is 1.48 bits per heavy atom. The highest BCUT2D eigenvalue weighted by molar-refractivity contribution is 5.85. The van der Waals surface area contributed by atoms with Gasteiger partial charge in [-0.1, -0.05) is 42.5 Å². The molecule has 0 aromatic heterocycles. The molecule has 112 valence electrons. The molecular weight excluding hydrogens is 282 g/mol. The van der Waals surface area contributed by atoms with Crippen molar-refractivity contribution < 1.29 is 0 Å². The first-order valence-electron chi connectivity index (χ1n) is 7.79. The molecule has 0 atom stereocenters. The van der Waals surface area contributed by atoms with Gasteiger partial charge in [0.25, 0.3) is 0 Å². The summed E-state index contributed by atoms with van der Waals surface area (Å²) in [7, 11) is 0. The summed E-state index contributed by atoms with van der Waals surface area (Å²) in [5, 5.41) is 18.1. The standard InChI is InChI=1S/C20H17N3/c21-14-16(15-22)13-17-7-1-2-8-18(17)19-9-3-4-10-20(19)23-11-5-6-12-23/h1-4,7-10,13H,5-6,11-12H2. The van der Waals surface area contributed by atoms with Crippen molar-refractivity contribution in [2.75, 3.05) is 18.0 Å². The highest BCUT2D eigenvalue weighted by Crippen LogP contribution is 2.35. The topological polar surface area (TPSA) is 50.8 Å². The number of allylic oxidation sites excluding steroid dienone is 1. The number of para-hydroxylation sites is 1. The van der Waals surface area contributed by atoms with Crippen molar-refractivity contribution in [3.63, 3.8) is 0 Å². The minimum Gasteiger partial charge on any atom is -0.371 e. The predicted octanol–water partition coefficient (Wildman–Crippen LogP) is 4.38. The molecule has 0 radical (unpaired) electrons. The van der Waals surface area contributed by atoms with Crippen LogP contribution in [0.4, 0.5) is 5.69 Å². The second-order valence-corrected chi connectivity index (χ2v) is 5.58. The fraction of sp³-hybridized carbons (Fsp3) is 0.200. The minimum atomic E-state index is 0.121. The third-order valence-electron chi connectivity index (χ3n) is 4.14. The Morgan fingerprint density at radius 1 is 0.870 bits per heavy atom. The Balaban J connectivity index is 2.12. The van der Waals surface area contributed by atoms with E-state index in [1.807, 2.05) is 42.5 Å². The lowest BCUT2D eigenvalue weighted by molar-refractivity contribution is 0.949. The maximum Gasteiger partial charge on any atom is 0.130 e. The number of anilines is 1. The molecule has 2 aromatic carbocycles. The first kappa shape index (κ1) is 14.9. The average Bonchev–Trinajstić information content (AvgIpc) is 3.14. The molecule has 1 aliphatic rings. The molecular formula is C20H17N3. The van der Waals surface area contributed by atoms with Crippen LogP contribution in [0.5, 0.6) is 0 Å². The predicted molar refractivity (Wildman–Crippen MR) is 92.5 cm³/mol. The second kappa shape index (κ2) is 6.81. The van der Waals surface area contributed by atoms with Gasteiger partial charge in [-0.15, -0.1) is 0 Å². The van der Waals surface area contributed by atoms with Crippen LogP contribution in [0.1, 0.15) is 18.4 Å². The molecule has 3 rings (SSSR count). The highest BCUT2D eigenvalue weighted by Gasteiger charge is 2.17. The van der Waals surface area contributed by atoms with E-state index in [0.717, 1.165) is 29.8 Å². The smallest absolute Gasteiger partial charge is 0.130 e. The van der Waals surface area contributed by atoms with Gasteiger partial charge in [0, 0.05) is 24.3 Å². The van der Waals surface area contributed by atoms with Gasteiger partial charge in [0.2, 0.25) is 0 Å². The van der Waals surface area contributed by atoms with Crippen LogP contribution < -0.4 is 4.90 Å². The molecule has 0 bridgehead atoms. The van der Waals surface area contributed by atoms with Crippen LogP contribution in [0.2, 0.25) is 0 Å². The number of nitrogens with zero attached hydrogens (tertiary/aromatic N) is 3. The summed E-state index contributed by atoms with van der Waals surface area (Å²) in [5.41, 5.74) is 4.45. The molecule has 0 saturated carbocycles. The van der Waals surface area contributed by atoms with E-state index in [9.17, 15) is 0 Å². The van der Waals surface area contributed by atoms with E-state index in [2.05, 4.69) is 23.1 Å². The highest BCUT2D eigenvalue weighted by atomic mass is 15.1. The SMILES string of the molecule is N#CC(C#N)=Cc1ccccc1-c1ccccc1N1CCCC1. The number of nitriles is 2. The van der Waals surface area contributed by atoms with Gasteiger partial charge >= 0.3 is 0 Å². The molecule has 1 fully saturated rings. The zero-order valence-corrected chi connectivity index (χ0v) is 12.9. The zero-order chi connectivity index (χ0) is 16.1. The summed E-state index contributed by atoms with van der Waals surface area (Å²) in [6.45, 7) is 2.16. The molecule has 3 heteroatoms. The van der Waals surface area contributed by atoms with Crippen molar-refractivity contribution in [1.29, 1.82) is 10.5 Å². The van der Waals surface area contributed by atoms with Crippen LogP contribution in [0, 0.1) is 22.7 Å². The van der Waals surface area contributed by atoms with Crippen molar-refractivity contribution in [1.82, 2.24) is 0 Å². The number of hydrogen-bond donors (Lipinski definition) is 0. The maximum absolute atomic E-state index is 9.03. The monoisotopic (exact) mass is 299 g/mol. The van der Waals surface area contributed by atoms with Gasteiger partial charge in [0.15, 0.2) is 0 Å². The Kier molecular flexibility index (Phi) is 4.41. The molecule has 1 heterocycles. The summed E-state index contributed by atoms with van der Waals surface area (Å²) in [5.74, 6) is 0. The Hall–Kier alpha value is -3.04. The summed E-state index contributed by atoms with van der Waals surface area (Å²) >= 11 is 0. The maximum atomic E-state index is 9.03. The summed E-state index contributed by atoms with van der Waals surface area (Å²) in [4.78, 5) is 2.41. The average molecular weight is 299 g/mol. The molecule has 3 nitrogen and oxygen atoms in total. The largest absolute Gasteiger partial charge is 0.371 e. The molecule has 2 aromatic rings. The first-order valence-corrected chi connectivity index (χ1v) is 7.79. The van der Waals surface area contributed by atoms with E-state index in [4.69, 9.17) is 10.5 Å². The van der Waals surface area contributed by atoms with Crippen molar-refractivity contribution in [3.8, 4) is 23.3 Å². The minimum absolute atomic E-state index is 0.121. The van der Waals surface area contributed by atoms with Gasteiger partial charge in [-0.05, 0) is 36.1 Å². The normalized spacial score (nSPS) is 13.2. The van der Waals surface area contributed by atoms with Crippen LogP contribution in [-0.4, -0.2) is 13.1 Å². The fourth-order valence-electron chi connectivity index (χ4n) is 3.05. The van der Waals surface area contributed by atoms with Crippen molar-refractivity contribution in [2.45, 2.75) is 12.8 Å². The van der Waals surface area contributed by atoms with Gasteiger partial charge in [0.05, 0.1) is 0 Å². The number of benzene rings is 2. The lowest BCUT2D eigenvalue weighted by Crippen LogP contribution is -2.18. The van der Waals surface area contributed by atoms with Crippen LogP contribution in [-0.2, 0) is 0 Å². The lowest BCUT2D eigenvalue weighted by Gasteiger charge is -2.22. The quantitative estimate of drug-likeness (QED) is 0.790. The summed E-state index contributed by atoms with van der Waals surface area (Å²) in [6, 6.07) is 20.1. The second-order valence-electron chi connectivity index (χ2n) is 5.58. The van der Waals surface area contributed by atoms with Crippen molar-refractivity contribution in [3.05, 3.63) is 59.7 Å². The molecule has 0 aliphatic carbocycles. The first-order chi connectivity index (χ1) is 11.3. The van der Waals surface area contributed by atoms with E-state index >= 15 is 0 Å². The summed E-state index contributed by atoms with van der Waals surface area (Å²) in [6.07, 6.45) is 4.11. The fourth-order valence-corrected chi connectivity index (χ4v) is 3.05. The molecule has 1 saturated heterocycles. The van der Waals surface area contributed by atoms with E-state index in [1.165, 1.54) is 18.5 Å². The Morgan fingerprint density at radius 3 is 2.17 bits per heavy atom. The van der Waals surface area contributed by atoms with E-state index in [-0.39, 0.29) is 5.57 Å². The third-order valence-corrected chi connectivity index (χ3v) is 4.14. The summed E-state index contributed by atoms with van der Waals surface area (Å²) < 4.78 is 0. The van der Waals surface area contributed by atoms with E-state index in [0.29, 0.717) is 0 Å². The van der Waals surface area contributed by atoms with Gasteiger partial charge in [0.1, 0.15) is 17.7 Å². The number of hydrogen-bond acceptors (Lipinski definition) is 3. The van der Waals surface area contributed by atoms with Gasteiger partial charge in [-0.25, -0.2) is 0 Å². The van der Waals surface area contributed by atoms with Crippen LogP contribution in [0.3, 0.4) is 0 Å².